The van der Waals surface area contributed by atoms with Crippen molar-refractivity contribution in [2.75, 3.05) is 5.06 Å². The fourth-order valence-corrected chi connectivity index (χ4v) is 1.52. The Morgan fingerprint density at radius 1 is 0.875 bits per heavy atom. The van der Waals surface area contributed by atoms with Crippen LogP contribution in [-0.2, 0) is 6.54 Å². The summed E-state index contributed by atoms with van der Waals surface area (Å²) in [7, 11) is 0. The highest BCUT2D eigenvalue weighted by molar-refractivity contribution is 5.55. The SMILES string of the molecule is Oc1ccccc1N(O)Cc1ccccc1. The number of hydrogen-bond donors (Lipinski definition) is 2. The van der Waals surface area contributed by atoms with Crippen LogP contribution in [0.5, 0.6) is 5.75 Å². The van der Waals surface area contributed by atoms with Crippen LogP contribution in [0.15, 0.2) is 54.6 Å². The second kappa shape index (κ2) is 4.68. The molecule has 0 unspecified atom stereocenters. The van der Waals surface area contributed by atoms with Crippen LogP contribution in [0.25, 0.3) is 0 Å². The molecular formula is C13H13NO2. The van der Waals surface area contributed by atoms with Gasteiger partial charge in [-0.2, -0.15) is 0 Å². The van der Waals surface area contributed by atoms with Gasteiger partial charge in [-0.1, -0.05) is 42.5 Å². The molecule has 0 saturated heterocycles. The van der Waals surface area contributed by atoms with E-state index in [9.17, 15) is 10.3 Å². The molecule has 82 valence electrons. The molecule has 2 aromatic carbocycles. The molecule has 16 heavy (non-hydrogen) atoms. The summed E-state index contributed by atoms with van der Waals surface area (Å²) >= 11 is 0. The zero-order valence-electron chi connectivity index (χ0n) is 8.74. The first kappa shape index (κ1) is 10.5. The third-order valence-electron chi connectivity index (χ3n) is 2.33. The molecule has 0 atom stereocenters. The summed E-state index contributed by atoms with van der Waals surface area (Å²) in [6, 6.07) is 16.3. The summed E-state index contributed by atoms with van der Waals surface area (Å²) < 4.78 is 0. The predicted octanol–water partition coefficient (Wildman–Crippen LogP) is 2.79. The molecule has 2 aromatic rings. The molecule has 3 heteroatoms. The largest absolute Gasteiger partial charge is 0.506 e. The molecule has 0 aromatic heterocycles. The Labute approximate surface area is 94.2 Å². The summed E-state index contributed by atoms with van der Waals surface area (Å²) in [5, 5.41) is 20.4. The van der Waals surface area contributed by atoms with Crippen LogP contribution in [0.4, 0.5) is 5.69 Å². The minimum absolute atomic E-state index is 0.0703. The molecule has 3 nitrogen and oxygen atoms in total. The predicted molar refractivity (Wildman–Crippen MR) is 62.5 cm³/mol. The lowest BCUT2D eigenvalue weighted by Gasteiger charge is -2.17. The fourth-order valence-electron chi connectivity index (χ4n) is 1.52. The molecule has 0 amide bonds. The number of rotatable bonds is 3. The molecule has 0 aliphatic rings. The van der Waals surface area contributed by atoms with Crippen molar-refractivity contribution >= 4 is 5.69 Å². The smallest absolute Gasteiger partial charge is 0.141 e. The van der Waals surface area contributed by atoms with Crippen LogP contribution in [0.1, 0.15) is 5.56 Å². The van der Waals surface area contributed by atoms with Gasteiger partial charge in [0.05, 0.1) is 6.54 Å². The van der Waals surface area contributed by atoms with E-state index >= 15 is 0 Å². The molecule has 0 heterocycles. The van der Waals surface area contributed by atoms with Crippen LogP contribution in [-0.4, -0.2) is 10.3 Å². The number of nitrogens with zero attached hydrogens (tertiary/aromatic N) is 1. The van der Waals surface area contributed by atoms with E-state index in [2.05, 4.69) is 0 Å². The van der Waals surface area contributed by atoms with E-state index in [1.54, 1.807) is 24.3 Å². The van der Waals surface area contributed by atoms with Gasteiger partial charge in [0.15, 0.2) is 0 Å². The van der Waals surface area contributed by atoms with Crippen molar-refractivity contribution in [2.24, 2.45) is 0 Å². The minimum Gasteiger partial charge on any atom is -0.506 e. The van der Waals surface area contributed by atoms with Crippen molar-refractivity contribution in [3.05, 3.63) is 60.2 Å². The summed E-state index contributed by atoms with van der Waals surface area (Å²) in [6.07, 6.45) is 0. The van der Waals surface area contributed by atoms with Gasteiger partial charge in [0.2, 0.25) is 0 Å². The van der Waals surface area contributed by atoms with E-state index in [0.29, 0.717) is 12.2 Å². The number of benzene rings is 2. The standard InChI is InChI=1S/C13H13NO2/c15-13-9-5-4-8-12(13)14(16)10-11-6-2-1-3-7-11/h1-9,15-16H,10H2. The number of phenols is 1. The lowest BCUT2D eigenvalue weighted by atomic mass is 10.2. The molecule has 0 radical (unpaired) electrons. The van der Waals surface area contributed by atoms with Crippen molar-refractivity contribution in [1.82, 2.24) is 0 Å². The second-order valence-corrected chi connectivity index (χ2v) is 3.53. The second-order valence-electron chi connectivity index (χ2n) is 3.53. The van der Waals surface area contributed by atoms with Crippen LogP contribution in [0.3, 0.4) is 0 Å². The molecule has 0 saturated carbocycles. The van der Waals surface area contributed by atoms with Crippen molar-refractivity contribution < 1.29 is 10.3 Å². The van der Waals surface area contributed by atoms with Gasteiger partial charge >= 0.3 is 0 Å². The number of hydrogen-bond acceptors (Lipinski definition) is 3. The highest BCUT2D eigenvalue weighted by Crippen LogP contribution is 2.26. The maximum Gasteiger partial charge on any atom is 0.141 e. The molecular weight excluding hydrogens is 202 g/mol. The van der Waals surface area contributed by atoms with Gasteiger partial charge in [-0.25, -0.2) is 5.06 Å². The van der Waals surface area contributed by atoms with Crippen molar-refractivity contribution in [1.29, 1.82) is 0 Å². The normalized spacial score (nSPS) is 10.1. The molecule has 2 N–H and O–H groups in total. The maximum absolute atomic E-state index is 9.83. The monoisotopic (exact) mass is 215 g/mol. The topological polar surface area (TPSA) is 43.7 Å². The summed E-state index contributed by atoms with van der Waals surface area (Å²) in [6.45, 7) is 0.346. The van der Waals surface area contributed by atoms with Gasteiger partial charge in [-0.05, 0) is 17.7 Å². The van der Waals surface area contributed by atoms with Crippen LogP contribution >= 0.6 is 0 Å². The number of hydroxylamine groups is 1. The van der Waals surface area contributed by atoms with Crippen LogP contribution in [0, 0.1) is 0 Å². The van der Waals surface area contributed by atoms with E-state index in [0.717, 1.165) is 10.6 Å². The van der Waals surface area contributed by atoms with Crippen molar-refractivity contribution in [3.63, 3.8) is 0 Å². The van der Waals surface area contributed by atoms with Crippen LogP contribution in [0.2, 0.25) is 0 Å². The van der Waals surface area contributed by atoms with Gasteiger partial charge in [0.25, 0.3) is 0 Å². The summed E-state index contributed by atoms with van der Waals surface area (Å²) in [4.78, 5) is 0. The van der Waals surface area contributed by atoms with Gasteiger partial charge < -0.3 is 5.11 Å². The number of para-hydroxylation sites is 2. The van der Waals surface area contributed by atoms with Gasteiger partial charge in [0, 0.05) is 0 Å². The van der Waals surface area contributed by atoms with E-state index in [-0.39, 0.29) is 5.75 Å². The lowest BCUT2D eigenvalue weighted by molar-refractivity contribution is 0.246. The third kappa shape index (κ3) is 2.32. The van der Waals surface area contributed by atoms with E-state index < -0.39 is 0 Å². The Morgan fingerprint density at radius 3 is 2.19 bits per heavy atom. The first-order valence-corrected chi connectivity index (χ1v) is 5.06. The van der Waals surface area contributed by atoms with Crippen molar-refractivity contribution in [3.8, 4) is 5.75 Å². The molecule has 0 aliphatic carbocycles. The zero-order chi connectivity index (χ0) is 11.4. The Hall–Kier alpha value is -2.00. The molecule has 0 bridgehead atoms. The third-order valence-corrected chi connectivity index (χ3v) is 2.33. The average Bonchev–Trinajstić information content (AvgIpc) is 2.31. The van der Waals surface area contributed by atoms with Gasteiger partial charge in [-0.15, -0.1) is 0 Å². The molecule has 0 aliphatic heterocycles. The van der Waals surface area contributed by atoms with Crippen molar-refractivity contribution in [2.45, 2.75) is 6.54 Å². The maximum atomic E-state index is 9.83. The zero-order valence-corrected chi connectivity index (χ0v) is 8.74. The Morgan fingerprint density at radius 2 is 1.50 bits per heavy atom. The van der Waals surface area contributed by atoms with E-state index in [4.69, 9.17) is 0 Å². The lowest BCUT2D eigenvalue weighted by Crippen LogP contribution is -2.17. The highest BCUT2D eigenvalue weighted by Gasteiger charge is 2.07. The average molecular weight is 215 g/mol. The number of phenolic OH excluding ortho intramolecular Hbond substituents is 1. The van der Waals surface area contributed by atoms with E-state index in [1.165, 1.54) is 0 Å². The summed E-state index contributed by atoms with van der Waals surface area (Å²) in [5.74, 6) is 0.0703. The number of aromatic hydroxyl groups is 1. The first-order valence-electron chi connectivity index (χ1n) is 5.06. The Bertz CT molecular complexity index is 456. The molecule has 2 rings (SSSR count). The van der Waals surface area contributed by atoms with Crippen LogP contribution < -0.4 is 5.06 Å². The summed E-state index contributed by atoms with van der Waals surface area (Å²) in [5.41, 5.74) is 1.39. The highest BCUT2D eigenvalue weighted by atomic mass is 16.5. The quantitative estimate of drug-likeness (QED) is 0.774. The molecule has 0 spiro atoms. The van der Waals surface area contributed by atoms with Gasteiger partial charge in [-0.3, -0.25) is 5.21 Å². The fraction of sp³-hybridized carbons (Fsp3) is 0.0769. The first-order chi connectivity index (χ1) is 7.77. The number of anilines is 1. The van der Waals surface area contributed by atoms with Gasteiger partial charge in [0.1, 0.15) is 11.4 Å². The van der Waals surface area contributed by atoms with E-state index in [1.807, 2.05) is 30.3 Å². The molecule has 0 fully saturated rings. The Balaban J connectivity index is 2.15. The minimum atomic E-state index is 0.0703. The Kier molecular flexibility index (Phi) is 3.08.